The molecule has 1 aliphatic heterocycles. The van der Waals surface area contributed by atoms with Crippen LogP contribution in [0.1, 0.15) is 17.4 Å². The molecule has 6 nitrogen and oxygen atoms in total. The molecule has 9 heteroatoms. The van der Waals surface area contributed by atoms with Gasteiger partial charge in [-0.1, -0.05) is 23.7 Å². The maximum Gasteiger partial charge on any atom is 0.325 e. The van der Waals surface area contributed by atoms with E-state index in [-0.39, 0.29) is 13.1 Å². The number of benzene rings is 1. The number of urea groups is 1. The molecule has 0 radical (unpaired) electrons. The van der Waals surface area contributed by atoms with Crippen LogP contribution < -0.4 is 10.6 Å². The highest BCUT2D eigenvalue weighted by atomic mass is 79.9. The highest BCUT2D eigenvalue weighted by molar-refractivity contribution is 9.11. The second kappa shape index (κ2) is 7.38. The van der Waals surface area contributed by atoms with Gasteiger partial charge in [0.2, 0.25) is 5.91 Å². The van der Waals surface area contributed by atoms with Crippen molar-refractivity contribution in [1.29, 1.82) is 0 Å². The summed E-state index contributed by atoms with van der Waals surface area (Å²) in [5, 5.41) is 5.98. The highest BCUT2D eigenvalue weighted by Crippen LogP contribution is 2.35. The minimum absolute atomic E-state index is 0.286. The first kappa shape index (κ1) is 18.9. The summed E-state index contributed by atoms with van der Waals surface area (Å²) in [6.07, 6.45) is 0. The molecule has 1 saturated heterocycles. The summed E-state index contributed by atoms with van der Waals surface area (Å²) in [5.41, 5.74) is -0.294. The molecule has 2 N–H and O–H groups in total. The first-order valence-electron chi connectivity index (χ1n) is 7.70. The lowest BCUT2D eigenvalue weighted by atomic mass is 10.0. The fourth-order valence-electron chi connectivity index (χ4n) is 2.59. The Kier molecular flexibility index (Phi) is 5.36. The number of thiophene rings is 1. The molecule has 0 aliphatic carbocycles. The van der Waals surface area contributed by atoms with Gasteiger partial charge in [-0.25, -0.2) is 4.79 Å². The van der Waals surface area contributed by atoms with Crippen molar-refractivity contribution in [3.8, 4) is 0 Å². The second-order valence-corrected chi connectivity index (χ2v) is 8.85. The van der Waals surface area contributed by atoms with Gasteiger partial charge in [0.15, 0.2) is 5.54 Å². The van der Waals surface area contributed by atoms with Gasteiger partial charge in [0.1, 0.15) is 6.54 Å². The average Bonchev–Trinajstić information content (AvgIpc) is 3.13. The van der Waals surface area contributed by atoms with E-state index in [9.17, 15) is 14.4 Å². The molecule has 26 heavy (non-hydrogen) atoms. The fraction of sp³-hybridized carbons (Fsp3) is 0.235. The molecule has 1 aromatic heterocycles. The minimum atomic E-state index is -1.16. The van der Waals surface area contributed by atoms with E-state index in [1.165, 1.54) is 11.3 Å². The number of hydrogen-bond donors (Lipinski definition) is 2. The summed E-state index contributed by atoms with van der Waals surface area (Å²) in [6, 6.07) is 10.0. The van der Waals surface area contributed by atoms with E-state index in [0.29, 0.717) is 9.90 Å². The summed E-state index contributed by atoms with van der Waals surface area (Å²) in [6.45, 7) is 1.59. The number of halogens is 2. The Balaban J connectivity index is 1.64. The van der Waals surface area contributed by atoms with Crippen LogP contribution >= 0.6 is 38.9 Å². The molecule has 0 saturated carbocycles. The molecule has 3 rings (SSSR count). The molecule has 4 amide bonds. The van der Waals surface area contributed by atoms with Crippen LogP contribution in [0, 0.1) is 0 Å². The van der Waals surface area contributed by atoms with E-state index < -0.39 is 23.4 Å². The van der Waals surface area contributed by atoms with Crippen LogP contribution in [-0.2, 0) is 21.7 Å². The number of nitrogens with zero attached hydrogens (tertiary/aromatic N) is 1. The molecule has 2 aromatic rings. The Hall–Kier alpha value is -1.90. The minimum Gasteiger partial charge on any atom is -0.350 e. The first-order chi connectivity index (χ1) is 12.3. The molecule has 1 atom stereocenters. The van der Waals surface area contributed by atoms with Crippen LogP contribution in [0.3, 0.4) is 0 Å². The van der Waals surface area contributed by atoms with Crippen LogP contribution in [0.15, 0.2) is 40.2 Å². The first-order valence-corrected chi connectivity index (χ1v) is 9.69. The molecule has 2 heterocycles. The Morgan fingerprint density at radius 3 is 2.58 bits per heavy atom. The summed E-state index contributed by atoms with van der Waals surface area (Å²) < 4.78 is 0.856. The molecular formula is C17H15BrClN3O3S. The van der Waals surface area contributed by atoms with Gasteiger partial charge in [-0.3, -0.25) is 14.5 Å². The van der Waals surface area contributed by atoms with Gasteiger partial charge < -0.3 is 10.6 Å². The van der Waals surface area contributed by atoms with E-state index in [1.807, 2.05) is 6.07 Å². The van der Waals surface area contributed by atoms with Gasteiger partial charge in [-0.15, -0.1) is 11.3 Å². The maximum absolute atomic E-state index is 12.7. The Labute approximate surface area is 167 Å². The van der Waals surface area contributed by atoms with Crippen molar-refractivity contribution in [3.05, 3.63) is 55.6 Å². The maximum atomic E-state index is 12.7. The molecule has 1 aromatic carbocycles. The Bertz CT molecular complexity index is 870. The molecule has 0 spiro atoms. The topological polar surface area (TPSA) is 78.5 Å². The van der Waals surface area contributed by atoms with Gasteiger partial charge in [0.05, 0.1) is 3.79 Å². The van der Waals surface area contributed by atoms with Crippen LogP contribution in [0.25, 0.3) is 0 Å². The zero-order valence-corrected chi connectivity index (χ0v) is 16.9. The van der Waals surface area contributed by atoms with Crippen molar-refractivity contribution in [2.75, 3.05) is 6.54 Å². The van der Waals surface area contributed by atoms with E-state index >= 15 is 0 Å². The SMILES string of the molecule is CC1(c2ccc(Br)s2)NC(=O)N(CC(=O)NCc2ccc(Cl)cc2)C1=O. The van der Waals surface area contributed by atoms with Crippen molar-refractivity contribution in [2.24, 2.45) is 0 Å². The molecule has 1 unspecified atom stereocenters. The van der Waals surface area contributed by atoms with Gasteiger partial charge in [0, 0.05) is 16.4 Å². The standard InChI is InChI=1S/C17H15BrClN3O3S/c1-17(12-6-7-13(18)26-12)15(24)22(16(25)21-17)9-14(23)20-8-10-2-4-11(19)5-3-10/h2-7H,8-9H2,1H3,(H,20,23)(H,21,25). The smallest absolute Gasteiger partial charge is 0.325 e. The highest BCUT2D eigenvalue weighted by Gasteiger charge is 2.50. The van der Waals surface area contributed by atoms with Crippen molar-refractivity contribution in [2.45, 2.75) is 19.0 Å². The Morgan fingerprint density at radius 1 is 1.27 bits per heavy atom. The van der Waals surface area contributed by atoms with Crippen LogP contribution in [0.2, 0.25) is 5.02 Å². The zero-order chi connectivity index (χ0) is 18.9. The molecule has 1 fully saturated rings. The predicted molar refractivity (Wildman–Crippen MR) is 103 cm³/mol. The summed E-state index contributed by atoms with van der Waals surface area (Å²) in [7, 11) is 0. The van der Waals surface area contributed by atoms with E-state index in [2.05, 4.69) is 26.6 Å². The third kappa shape index (κ3) is 3.77. The number of imide groups is 1. The van der Waals surface area contributed by atoms with E-state index in [4.69, 9.17) is 11.6 Å². The van der Waals surface area contributed by atoms with E-state index in [1.54, 1.807) is 37.3 Å². The van der Waals surface area contributed by atoms with Crippen molar-refractivity contribution < 1.29 is 14.4 Å². The normalized spacial score (nSPS) is 19.6. The predicted octanol–water partition coefficient (Wildman–Crippen LogP) is 3.25. The van der Waals surface area contributed by atoms with Crippen molar-refractivity contribution >= 4 is 56.7 Å². The average molecular weight is 457 g/mol. The summed E-state index contributed by atoms with van der Waals surface area (Å²) >= 11 is 10.5. The monoisotopic (exact) mass is 455 g/mol. The lowest BCUT2D eigenvalue weighted by Crippen LogP contribution is -2.42. The quantitative estimate of drug-likeness (QED) is 0.678. The van der Waals surface area contributed by atoms with Crippen LogP contribution in [0.4, 0.5) is 4.79 Å². The molecule has 1 aliphatic rings. The number of carbonyl (C=O) groups is 3. The number of carbonyl (C=O) groups excluding carboxylic acids is 3. The summed E-state index contributed by atoms with van der Waals surface area (Å²) in [5.74, 6) is -0.862. The molecular weight excluding hydrogens is 442 g/mol. The number of rotatable bonds is 5. The van der Waals surface area contributed by atoms with E-state index in [0.717, 1.165) is 14.2 Å². The van der Waals surface area contributed by atoms with Gasteiger partial charge >= 0.3 is 6.03 Å². The number of amides is 4. The van der Waals surface area contributed by atoms with Crippen LogP contribution in [0.5, 0.6) is 0 Å². The van der Waals surface area contributed by atoms with Gasteiger partial charge in [-0.05, 0) is 52.7 Å². The van der Waals surface area contributed by atoms with Crippen molar-refractivity contribution in [1.82, 2.24) is 15.5 Å². The second-order valence-electron chi connectivity index (χ2n) is 5.95. The Morgan fingerprint density at radius 2 is 1.96 bits per heavy atom. The fourth-order valence-corrected chi connectivity index (χ4v) is 4.20. The lowest BCUT2D eigenvalue weighted by molar-refractivity contribution is -0.134. The molecule has 0 bridgehead atoms. The molecule has 136 valence electrons. The summed E-state index contributed by atoms with van der Waals surface area (Å²) in [4.78, 5) is 38.8. The number of nitrogens with one attached hydrogen (secondary N) is 2. The zero-order valence-electron chi connectivity index (χ0n) is 13.7. The van der Waals surface area contributed by atoms with Gasteiger partial charge in [-0.2, -0.15) is 0 Å². The third-order valence-corrected chi connectivity index (χ3v) is 6.14. The van der Waals surface area contributed by atoms with Crippen LogP contribution in [-0.4, -0.2) is 29.3 Å². The van der Waals surface area contributed by atoms with Gasteiger partial charge in [0.25, 0.3) is 5.91 Å². The third-order valence-electron chi connectivity index (χ3n) is 4.05. The lowest BCUT2D eigenvalue weighted by Gasteiger charge is -2.20. The number of hydrogen-bond acceptors (Lipinski definition) is 4. The largest absolute Gasteiger partial charge is 0.350 e. The van der Waals surface area contributed by atoms with Crippen molar-refractivity contribution in [3.63, 3.8) is 0 Å².